The van der Waals surface area contributed by atoms with Crippen LogP contribution in [0.3, 0.4) is 0 Å². The van der Waals surface area contributed by atoms with E-state index in [9.17, 15) is 0 Å². The Morgan fingerprint density at radius 3 is 1.18 bits per heavy atom. The maximum atomic E-state index is 2.28. The van der Waals surface area contributed by atoms with E-state index in [0.717, 1.165) is 17.1 Å². The van der Waals surface area contributed by atoms with Crippen molar-refractivity contribution < 1.29 is 0 Å². The second-order valence-electron chi connectivity index (χ2n) is 7.92. The van der Waals surface area contributed by atoms with Crippen LogP contribution in [0.4, 0.5) is 17.1 Å². The number of benzene rings is 5. The van der Waals surface area contributed by atoms with Crippen LogP contribution < -0.4 is 4.90 Å². The second kappa shape index (κ2) is 9.84. The van der Waals surface area contributed by atoms with Crippen molar-refractivity contribution in [2.24, 2.45) is 0 Å². The molecule has 33 heavy (non-hydrogen) atoms. The first-order valence-corrected chi connectivity index (χ1v) is 11.2. The Morgan fingerprint density at radius 2 is 0.697 bits per heavy atom. The minimum atomic E-state index is 1.14. The summed E-state index contributed by atoms with van der Waals surface area (Å²) in [5.41, 5.74) is 8.25. The van der Waals surface area contributed by atoms with Crippen molar-refractivity contribution in [2.75, 3.05) is 4.90 Å². The van der Waals surface area contributed by atoms with Gasteiger partial charge in [0.25, 0.3) is 0 Å². The zero-order valence-electron chi connectivity index (χ0n) is 18.4. The van der Waals surface area contributed by atoms with Crippen molar-refractivity contribution >= 4 is 29.2 Å². The average Bonchev–Trinajstić information content (AvgIpc) is 2.90. The number of hydrogen-bond acceptors (Lipinski definition) is 1. The molecular formula is C32H25N. The van der Waals surface area contributed by atoms with Gasteiger partial charge in [-0.3, -0.25) is 0 Å². The fraction of sp³-hybridized carbons (Fsp3) is 0. The fourth-order valence-electron chi connectivity index (χ4n) is 3.95. The molecule has 0 atom stereocenters. The highest BCUT2D eigenvalue weighted by Gasteiger charge is 2.11. The Hall–Kier alpha value is -4.36. The number of anilines is 3. The Bertz CT molecular complexity index is 1270. The number of rotatable bonds is 6. The fourth-order valence-corrected chi connectivity index (χ4v) is 3.95. The van der Waals surface area contributed by atoms with Gasteiger partial charge in [0.05, 0.1) is 0 Å². The van der Waals surface area contributed by atoms with Crippen LogP contribution in [0, 0.1) is 0 Å². The molecule has 0 heterocycles. The van der Waals surface area contributed by atoms with E-state index in [1.54, 1.807) is 0 Å². The molecule has 0 amide bonds. The largest absolute Gasteiger partial charge is 0.311 e. The number of nitrogens with zero attached hydrogens (tertiary/aromatic N) is 1. The third kappa shape index (κ3) is 4.94. The molecular weight excluding hydrogens is 398 g/mol. The maximum Gasteiger partial charge on any atom is 0.0462 e. The highest BCUT2D eigenvalue weighted by molar-refractivity contribution is 5.78. The van der Waals surface area contributed by atoms with E-state index in [4.69, 9.17) is 0 Å². The van der Waals surface area contributed by atoms with E-state index in [1.807, 2.05) is 6.07 Å². The number of hydrogen-bond donors (Lipinski definition) is 0. The van der Waals surface area contributed by atoms with E-state index in [1.165, 1.54) is 22.3 Å². The van der Waals surface area contributed by atoms with Crippen molar-refractivity contribution in [1.29, 1.82) is 0 Å². The van der Waals surface area contributed by atoms with E-state index < -0.39 is 0 Å². The molecule has 0 fully saturated rings. The van der Waals surface area contributed by atoms with Crippen LogP contribution in [0.2, 0.25) is 0 Å². The van der Waals surface area contributed by atoms with Crippen LogP contribution in [0.25, 0.3) is 23.3 Å². The van der Waals surface area contributed by atoms with Gasteiger partial charge in [0.15, 0.2) is 0 Å². The summed E-state index contributed by atoms with van der Waals surface area (Å²) in [6.07, 6.45) is 4.30. The Morgan fingerprint density at radius 1 is 0.333 bits per heavy atom. The molecule has 5 aromatic rings. The van der Waals surface area contributed by atoms with Crippen molar-refractivity contribution in [3.8, 4) is 11.1 Å². The van der Waals surface area contributed by atoms with Gasteiger partial charge < -0.3 is 4.90 Å². The lowest BCUT2D eigenvalue weighted by Crippen LogP contribution is -2.09. The molecule has 0 aliphatic carbocycles. The first-order valence-electron chi connectivity index (χ1n) is 11.2. The lowest BCUT2D eigenvalue weighted by molar-refractivity contribution is 1.28. The van der Waals surface area contributed by atoms with Gasteiger partial charge in [0.1, 0.15) is 0 Å². The summed E-state index contributed by atoms with van der Waals surface area (Å²) in [5.74, 6) is 0. The second-order valence-corrected chi connectivity index (χ2v) is 7.92. The molecule has 0 bridgehead atoms. The standard InChI is InChI=1S/C32H25N/c1-4-10-26(11-5-1)16-17-27-18-20-28(21-19-27)29-22-24-32(25-23-29)33(30-12-6-2-7-13-30)31-14-8-3-9-15-31/h1-25H/b17-16-. The zero-order valence-corrected chi connectivity index (χ0v) is 18.4. The summed E-state index contributed by atoms with van der Waals surface area (Å²) in [6.45, 7) is 0. The van der Waals surface area contributed by atoms with Gasteiger partial charge in [-0.25, -0.2) is 0 Å². The van der Waals surface area contributed by atoms with Gasteiger partial charge in [-0.1, -0.05) is 115 Å². The molecule has 0 aromatic heterocycles. The van der Waals surface area contributed by atoms with E-state index in [0.29, 0.717) is 0 Å². The summed E-state index contributed by atoms with van der Waals surface area (Å²) in [7, 11) is 0. The van der Waals surface area contributed by atoms with E-state index in [2.05, 4.69) is 151 Å². The van der Waals surface area contributed by atoms with Crippen LogP contribution in [-0.2, 0) is 0 Å². The molecule has 0 aliphatic heterocycles. The van der Waals surface area contributed by atoms with Crippen LogP contribution in [-0.4, -0.2) is 0 Å². The van der Waals surface area contributed by atoms with Gasteiger partial charge in [-0.15, -0.1) is 0 Å². The lowest BCUT2D eigenvalue weighted by atomic mass is 10.0. The van der Waals surface area contributed by atoms with Gasteiger partial charge >= 0.3 is 0 Å². The SMILES string of the molecule is C(=C/c1ccc(-c2ccc(N(c3ccccc3)c3ccccc3)cc2)cc1)/c1ccccc1. The molecule has 1 nitrogen and oxygen atoms in total. The molecule has 0 unspecified atom stereocenters. The van der Waals surface area contributed by atoms with Gasteiger partial charge in [0, 0.05) is 17.1 Å². The van der Waals surface area contributed by atoms with Crippen LogP contribution in [0.1, 0.15) is 11.1 Å². The van der Waals surface area contributed by atoms with Crippen molar-refractivity contribution in [3.05, 3.63) is 151 Å². The molecule has 0 radical (unpaired) electrons. The zero-order chi connectivity index (χ0) is 22.3. The monoisotopic (exact) mass is 423 g/mol. The third-order valence-electron chi connectivity index (χ3n) is 5.67. The van der Waals surface area contributed by atoms with Gasteiger partial charge in [0.2, 0.25) is 0 Å². The first kappa shape index (κ1) is 20.5. The average molecular weight is 424 g/mol. The molecule has 0 spiro atoms. The van der Waals surface area contributed by atoms with Crippen molar-refractivity contribution in [3.63, 3.8) is 0 Å². The van der Waals surface area contributed by atoms with Crippen molar-refractivity contribution in [2.45, 2.75) is 0 Å². The van der Waals surface area contributed by atoms with Crippen LogP contribution in [0.15, 0.2) is 140 Å². The molecule has 0 N–H and O–H groups in total. The maximum absolute atomic E-state index is 2.28. The smallest absolute Gasteiger partial charge is 0.0462 e. The molecule has 0 saturated heterocycles. The van der Waals surface area contributed by atoms with Crippen LogP contribution >= 0.6 is 0 Å². The molecule has 5 aromatic carbocycles. The topological polar surface area (TPSA) is 3.24 Å². The van der Waals surface area contributed by atoms with E-state index >= 15 is 0 Å². The highest BCUT2D eigenvalue weighted by Crippen LogP contribution is 2.35. The van der Waals surface area contributed by atoms with Crippen LogP contribution in [0.5, 0.6) is 0 Å². The summed E-state index contributed by atoms with van der Waals surface area (Å²) in [5, 5.41) is 0. The minimum absolute atomic E-state index is 1.14. The predicted molar refractivity (Wildman–Crippen MR) is 142 cm³/mol. The predicted octanol–water partition coefficient (Wildman–Crippen LogP) is 8.99. The third-order valence-corrected chi connectivity index (χ3v) is 5.67. The van der Waals surface area contributed by atoms with Crippen molar-refractivity contribution in [1.82, 2.24) is 0 Å². The van der Waals surface area contributed by atoms with Gasteiger partial charge in [-0.2, -0.15) is 0 Å². The summed E-state index contributed by atoms with van der Waals surface area (Å²) >= 11 is 0. The Labute approximate surface area is 195 Å². The Balaban J connectivity index is 1.39. The molecule has 158 valence electrons. The summed E-state index contributed by atoms with van der Waals surface area (Å²) in [4.78, 5) is 2.28. The molecule has 5 rings (SSSR count). The Kier molecular flexibility index (Phi) is 6.13. The minimum Gasteiger partial charge on any atom is -0.311 e. The number of para-hydroxylation sites is 2. The summed E-state index contributed by atoms with van der Waals surface area (Å²) < 4.78 is 0. The molecule has 0 saturated carbocycles. The highest BCUT2D eigenvalue weighted by atomic mass is 15.1. The normalized spacial score (nSPS) is 10.9. The molecule has 0 aliphatic rings. The van der Waals surface area contributed by atoms with E-state index in [-0.39, 0.29) is 0 Å². The lowest BCUT2D eigenvalue weighted by Gasteiger charge is -2.25. The summed E-state index contributed by atoms with van der Waals surface area (Å²) in [6, 6.07) is 48.8. The first-order chi connectivity index (χ1) is 16.4. The quantitative estimate of drug-likeness (QED) is 0.246. The van der Waals surface area contributed by atoms with Gasteiger partial charge in [-0.05, 0) is 58.7 Å². The molecule has 1 heteroatoms.